The van der Waals surface area contributed by atoms with Gasteiger partial charge in [-0.15, -0.1) is 0 Å². The Bertz CT molecular complexity index is 463. The second-order valence-corrected chi connectivity index (χ2v) is 3.10. The molecule has 0 aromatic heterocycles. The molecule has 0 aliphatic rings. The molecule has 0 aliphatic heterocycles. The van der Waals surface area contributed by atoms with Crippen LogP contribution in [0, 0.1) is 17.7 Å². The number of hydrogen-bond donors (Lipinski definition) is 2. The van der Waals surface area contributed by atoms with Crippen LogP contribution < -0.4 is 15.8 Å². The molecule has 0 spiro atoms. The molecule has 0 bridgehead atoms. The van der Waals surface area contributed by atoms with E-state index in [0.717, 1.165) is 0 Å². The van der Waals surface area contributed by atoms with Crippen molar-refractivity contribution in [1.82, 2.24) is 5.32 Å². The van der Waals surface area contributed by atoms with Gasteiger partial charge in [-0.2, -0.15) is 0 Å². The lowest BCUT2D eigenvalue weighted by Crippen LogP contribution is -2.30. The van der Waals surface area contributed by atoms with Crippen molar-refractivity contribution in [2.24, 2.45) is 5.73 Å². The lowest BCUT2D eigenvalue weighted by atomic mass is 10.2. The van der Waals surface area contributed by atoms with Crippen LogP contribution in [0.4, 0.5) is 4.39 Å². The van der Waals surface area contributed by atoms with Crippen LogP contribution >= 0.6 is 0 Å². The highest BCUT2D eigenvalue weighted by Gasteiger charge is 2.05. The second kappa shape index (κ2) is 6.51. The third-order valence-electron chi connectivity index (χ3n) is 1.97. The van der Waals surface area contributed by atoms with Crippen molar-refractivity contribution >= 4 is 5.91 Å². The molecule has 90 valence electrons. The van der Waals surface area contributed by atoms with E-state index in [-0.39, 0.29) is 30.3 Å². The lowest BCUT2D eigenvalue weighted by molar-refractivity contribution is -0.119. The Morgan fingerprint density at radius 2 is 2.35 bits per heavy atom. The quantitative estimate of drug-likeness (QED) is 0.740. The number of halogens is 1. The summed E-state index contributed by atoms with van der Waals surface area (Å²) in [6.45, 7) is 0.0435. The van der Waals surface area contributed by atoms with Gasteiger partial charge in [-0.05, 0) is 12.1 Å². The molecule has 0 radical (unpaired) electrons. The number of carbonyl (C=O) groups excluding carboxylic acids is 1. The summed E-state index contributed by atoms with van der Waals surface area (Å²) in [5, 5.41) is 2.46. The van der Waals surface area contributed by atoms with Gasteiger partial charge < -0.3 is 15.8 Å². The number of amides is 1. The molecule has 0 aliphatic carbocycles. The van der Waals surface area contributed by atoms with Crippen LogP contribution in [0.25, 0.3) is 0 Å². The van der Waals surface area contributed by atoms with Crippen LogP contribution in [0.1, 0.15) is 5.56 Å². The Morgan fingerprint density at radius 1 is 1.59 bits per heavy atom. The second-order valence-electron chi connectivity index (χ2n) is 3.10. The number of ether oxygens (including phenoxy) is 1. The SMILES string of the molecule is COc1cccc(C#CCNC(=O)CN)c1F. The van der Waals surface area contributed by atoms with E-state index in [0.29, 0.717) is 0 Å². The number of rotatable bonds is 3. The Balaban J connectivity index is 2.69. The summed E-state index contributed by atoms with van der Waals surface area (Å²) >= 11 is 0. The number of nitrogens with one attached hydrogen (secondary N) is 1. The van der Waals surface area contributed by atoms with Crippen LogP contribution in [0.5, 0.6) is 5.75 Å². The minimum atomic E-state index is -0.507. The summed E-state index contributed by atoms with van der Waals surface area (Å²) < 4.78 is 18.4. The average molecular weight is 236 g/mol. The average Bonchev–Trinajstić information content (AvgIpc) is 2.36. The first-order valence-electron chi connectivity index (χ1n) is 4.97. The van der Waals surface area contributed by atoms with Crippen LogP contribution in [-0.2, 0) is 4.79 Å². The molecule has 5 heteroatoms. The fourth-order valence-corrected chi connectivity index (χ4v) is 1.12. The highest BCUT2D eigenvalue weighted by molar-refractivity contribution is 5.77. The smallest absolute Gasteiger partial charge is 0.234 e. The molecule has 0 atom stereocenters. The number of carbonyl (C=O) groups is 1. The Morgan fingerprint density at radius 3 is 3.00 bits per heavy atom. The molecule has 3 N–H and O–H groups in total. The van der Waals surface area contributed by atoms with Crippen molar-refractivity contribution in [3.63, 3.8) is 0 Å². The molecule has 0 unspecified atom stereocenters. The van der Waals surface area contributed by atoms with E-state index in [9.17, 15) is 9.18 Å². The summed E-state index contributed by atoms with van der Waals surface area (Å²) in [5.74, 6) is 4.57. The summed E-state index contributed by atoms with van der Waals surface area (Å²) in [7, 11) is 1.39. The lowest BCUT2D eigenvalue weighted by Gasteiger charge is -2.02. The van der Waals surface area contributed by atoms with Gasteiger partial charge in [0.05, 0.1) is 25.8 Å². The number of benzene rings is 1. The largest absolute Gasteiger partial charge is 0.494 e. The van der Waals surface area contributed by atoms with Crippen LogP contribution in [0.15, 0.2) is 18.2 Å². The number of nitrogens with two attached hydrogens (primary N) is 1. The zero-order valence-corrected chi connectivity index (χ0v) is 9.42. The first-order chi connectivity index (χ1) is 8.19. The normalized spacial score (nSPS) is 9.12. The maximum atomic E-state index is 13.6. The van der Waals surface area contributed by atoms with E-state index in [1.54, 1.807) is 6.07 Å². The molecular formula is C12H13FN2O2. The van der Waals surface area contributed by atoms with Crippen molar-refractivity contribution in [2.45, 2.75) is 0 Å². The molecule has 1 aromatic rings. The minimum Gasteiger partial charge on any atom is -0.494 e. The summed E-state index contributed by atoms with van der Waals surface area (Å²) in [5.41, 5.74) is 5.32. The molecule has 0 heterocycles. The van der Waals surface area contributed by atoms with Crippen molar-refractivity contribution < 1.29 is 13.9 Å². The summed E-state index contributed by atoms with van der Waals surface area (Å²) in [6.07, 6.45) is 0. The van der Waals surface area contributed by atoms with E-state index in [1.807, 2.05) is 0 Å². The van der Waals surface area contributed by atoms with Crippen molar-refractivity contribution in [3.8, 4) is 17.6 Å². The Hall–Kier alpha value is -2.06. The zero-order valence-electron chi connectivity index (χ0n) is 9.42. The molecule has 0 saturated heterocycles. The van der Waals surface area contributed by atoms with Crippen molar-refractivity contribution in [3.05, 3.63) is 29.6 Å². The van der Waals surface area contributed by atoms with E-state index >= 15 is 0 Å². The first-order valence-corrected chi connectivity index (χ1v) is 4.97. The molecule has 17 heavy (non-hydrogen) atoms. The maximum absolute atomic E-state index is 13.6. The minimum absolute atomic E-state index is 0.0881. The van der Waals surface area contributed by atoms with E-state index < -0.39 is 5.82 Å². The van der Waals surface area contributed by atoms with Gasteiger partial charge in [0.15, 0.2) is 11.6 Å². The topological polar surface area (TPSA) is 64.3 Å². The molecule has 4 nitrogen and oxygen atoms in total. The summed E-state index contributed by atoms with van der Waals surface area (Å²) in [6, 6.07) is 4.69. The van der Waals surface area contributed by atoms with Crippen molar-refractivity contribution in [1.29, 1.82) is 0 Å². The predicted molar refractivity (Wildman–Crippen MR) is 61.9 cm³/mol. The summed E-state index contributed by atoms with van der Waals surface area (Å²) in [4.78, 5) is 10.8. The van der Waals surface area contributed by atoms with Gasteiger partial charge in [0.25, 0.3) is 0 Å². The van der Waals surface area contributed by atoms with Gasteiger partial charge in [0.2, 0.25) is 5.91 Å². The van der Waals surface area contributed by atoms with Crippen molar-refractivity contribution in [2.75, 3.05) is 20.2 Å². The van der Waals surface area contributed by atoms with E-state index in [1.165, 1.54) is 19.2 Å². The van der Waals surface area contributed by atoms with Crippen LogP contribution in [0.3, 0.4) is 0 Å². The molecule has 1 amide bonds. The zero-order chi connectivity index (χ0) is 12.7. The van der Waals surface area contributed by atoms with E-state index in [2.05, 4.69) is 17.2 Å². The predicted octanol–water partition coefficient (Wildman–Crippen LogP) is 0.261. The highest BCUT2D eigenvalue weighted by Crippen LogP contribution is 2.18. The third kappa shape index (κ3) is 3.78. The molecule has 1 rings (SSSR count). The maximum Gasteiger partial charge on any atom is 0.234 e. The van der Waals surface area contributed by atoms with Gasteiger partial charge in [0.1, 0.15) is 0 Å². The van der Waals surface area contributed by atoms with E-state index in [4.69, 9.17) is 10.5 Å². The molecule has 0 saturated carbocycles. The number of methoxy groups -OCH3 is 1. The monoisotopic (exact) mass is 236 g/mol. The third-order valence-corrected chi connectivity index (χ3v) is 1.97. The molecular weight excluding hydrogens is 223 g/mol. The highest BCUT2D eigenvalue weighted by atomic mass is 19.1. The fraction of sp³-hybridized carbons (Fsp3) is 0.250. The Labute approximate surface area is 99.0 Å². The van der Waals surface area contributed by atoms with Gasteiger partial charge in [-0.3, -0.25) is 4.79 Å². The van der Waals surface area contributed by atoms with Gasteiger partial charge in [-0.25, -0.2) is 4.39 Å². The fourth-order valence-electron chi connectivity index (χ4n) is 1.12. The number of hydrogen-bond acceptors (Lipinski definition) is 3. The van der Waals surface area contributed by atoms with Gasteiger partial charge in [-0.1, -0.05) is 17.9 Å². The first kappa shape index (κ1) is 13.0. The van der Waals surface area contributed by atoms with Crippen LogP contribution in [0.2, 0.25) is 0 Å². The molecule has 0 fully saturated rings. The Kier molecular flexibility index (Phi) is 4.98. The standard InChI is InChI=1S/C12H13FN2O2/c1-17-10-6-2-4-9(12(10)13)5-3-7-15-11(16)8-14/h2,4,6H,7-8,14H2,1H3,(H,15,16). The van der Waals surface area contributed by atoms with Gasteiger partial charge >= 0.3 is 0 Å². The molecule has 1 aromatic carbocycles. The van der Waals surface area contributed by atoms with Gasteiger partial charge in [0, 0.05) is 0 Å². The van der Waals surface area contributed by atoms with Crippen LogP contribution in [-0.4, -0.2) is 26.1 Å².